The third-order valence-corrected chi connectivity index (χ3v) is 10.3. The molecule has 0 saturated heterocycles. The third kappa shape index (κ3) is 3.18. The number of hydrogen-bond acceptors (Lipinski definition) is 0. The monoisotopic (exact) mass is 506 g/mol. The highest BCUT2D eigenvalue weighted by molar-refractivity contribution is 6.29. The van der Waals surface area contributed by atoms with Crippen LogP contribution in [0, 0.1) is 0 Å². The Morgan fingerprint density at radius 1 is 0.641 bits per heavy atom. The average molecular weight is 507 g/mol. The summed E-state index contributed by atoms with van der Waals surface area (Å²) in [7, 11) is 0. The first kappa shape index (κ1) is 23.5. The second-order valence-electron chi connectivity index (χ2n) is 14.0. The van der Waals surface area contributed by atoms with Crippen molar-refractivity contribution in [2.75, 3.05) is 0 Å². The lowest BCUT2D eigenvalue weighted by molar-refractivity contribution is 0.445. The minimum absolute atomic E-state index is 0.0801. The van der Waals surface area contributed by atoms with Crippen LogP contribution in [-0.2, 0) is 10.8 Å². The predicted molar refractivity (Wildman–Crippen MR) is 170 cm³/mol. The van der Waals surface area contributed by atoms with E-state index in [4.69, 9.17) is 0 Å². The molecule has 0 amide bonds. The highest BCUT2D eigenvalue weighted by atomic mass is 14.4. The molecule has 6 aromatic rings. The van der Waals surface area contributed by atoms with E-state index in [0.29, 0.717) is 5.92 Å². The molecule has 194 valence electrons. The highest BCUT2D eigenvalue weighted by Gasteiger charge is 2.37. The van der Waals surface area contributed by atoms with Gasteiger partial charge in [-0.1, -0.05) is 115 Å². The summed E-state index contributed by atoms with van der Waals surface area (Å²) in [5, 5.41) is 11.5. The number of fused-ring (bicyclic) bond motifs is 4. The minimum atomic E-state index is -0.0801. The Bertz CT molecular complexity index is 1940. The molecule has 1 fully saturated rings. The van der Waals surface area contributed by atoms with Crippen LogP contribution < -0.4 is 0 Å². The van der Waals surface area contributed by atoms with Crippen LogP contribution >= 0.6 is 0 Å². The van der Waals surface area contributed by atoms with Gasteiger partial charge in [-0.3, -0.25) is 0 Å². The summed E-state index contributed by atoms with van der Waals surface area (Å²) >= 11 is 0. The SMILES string of the molecule is CC(C)(C)c1cc2ccc3c(C4CCCCC4)cc4c5c(cc(c1)c2c35)C(C)(C)c1ccc2ccccc2c1-4. The van der Waals surface area contributed by atoms with Gasteiger partial charge >= 0.3 is 0 Å². The van der Waals surface area contributed by atoms with Gasteiger partial charge in [-0.05, 0) is 113 Å². The van der Waals surface area contributed by atoms with Crippen molar-refractivity contribution < 1.29 is 0 Å². The van der Waals surface area contributed by atoms with Crippen LogP contribution in [0.2, 0.25) is 0 Å². The molecule has 0 spiro atoms. The summed E-state index contributed by atoms with van der Waals surface area (Å²) in [6.45, 7) is 11.9. The number of rotatable bonds is 1. The molecule has 2 aliphatic rings. The van der Waals surface area contributed by atoms with Crippen molar-refractivity contribution in [3.8, 4) is 11.1 Å². The quantitative estimate of drug-likeness (QED) is 0.195. The largest absolute Gasteiger partial charge is 0.0616 e. The fourth-order valence-electron chi connectivity index (χ4n) is 8.16. The van der Waals surface area contributed by atoms with Gasteiger partial charge in [0, 0.05) is 5.41 Å². The zero-order valence-corrected chi connectivity index (χ0v) is 24.0. The van der Waals surface area contributed by atoms with Crippen LogP contribution in [0.25, 0.3) is 54.2 Å². The molecule has 0 heterocycles. The molecule has 0 aliphatic heterocycles. The lowest BCUT2D eigenvalue weighted by atomic mass is 9.65. The van der Waals surface area contributed by atoms with E-state index in [1.54, 1.807) is 5.56 Å². The van der Waals surface area contributed by atoms with Crippen LogP contribution in [-0.4, -0.2) is 0 Å². The molecule has 0 atom stereocenters. The van der Waals surface area contributed by atoms with Crippen molar-refractivity contribution in [1.82, 2.24) is 0 Å². The standard InChI is InChI=1S/C39H38/c1-38(2,3)27-19-25-15-17-29-30(23-11-7-6-8-12-23)22-31-35-28-14-10-9-13-24(28)16-18-32(35)39(4,5)33-21-26(20-27)34(25)37(29)36(31)33/h9-10,13-23H,6-8,11-12H2,1-5H3. The van der Waals surface area contributed by atoms with Crippen molar-refractivity contribution in [2.45, 2.75) is 83.5 Å². The second-order valence-corrected chi connectivity index (χ2v) is 14.0. The van der Waals surface area contributed by atoms with E-state index in [1.165, 1.54) is 103 Å². The van der Waals surface area contributed by atoms with Gasteiger partial charge in [-0.25, -0.2) is 0 Å². The topological polar surface area (TPSA) is 0 Å². The van der Waals surface area contributed by atoms with E-state index < -0.39 is 0 Å². The Morgan fingerprint density at radius 2 is 1.38 bits per heavy atom. The number of hydrogen-bond donors (Lipinski definition) is 0. The maximum atomic E-state index is 2.64. The molecule has 0 radical (unpaired) electrons. The van der Waals surface area contributed by atoms with E-state index in [-0.39, 0.29) is 10.8 Å². The maximum Gasteiger partial charge on any atom is 0.0159 e. The van der Waals surface area contributed by atoms with Crippen LogP contribution in [0.1, 0.15) is 94.9 Å². The molecule has 0 unspecified atom stereocenters. The fraction of sp³-hybridized carbons (Fsp3) is 0.333. The molecule has 0 heteroatoms. The van der Waals surface area contributed by atoms with Gasteiger partial charge in [0.2, 0.25) is 0 Å². The molecule has 0 aromatic heterocycles. The van der Waals surface area contributed by atoms with E-state index in [1.807, 2.05) is 0 Å². The molecule has 0 N–H and O–H groups in total. The molecule has 6 aromatic carbocycles. The zero-order valence-electron chi connectivity index (χ0n) is 24.0. The van der Waals surface area contributed by atoms with E-state index >= 15 is 0 Å². The highest BCUT2D eigenvalue weighted by Crippen LogP contribution is 2.55. The summed E-state index contributed by atoms with van der Waals surface area (Å²) in [5.41, 5.74) is 8.95. The van der Waals surface area contributed by atoms with Crippen molar-refractivity contribution >= 4 is 43.1 Å². The smallest absolute Gasteiger partial charge is 0.0159 e. The Morgan fingerprint density at radius 3 is 2.18 bits per heavy atom. The first-order chi connectivity index (χ1) is 18.7. The normalized spacial score (nSPS) is 17.5. The van der Waals surface area contributed by atoms with Gasteiger partial charge in [0.05, 0.1) is 0 Å². The third-order valence-electron chi connectivity index (χ3n) is 10.3. The summed E-state index contributed by atoms with van der Waals surface area (Å²) in [5.74, 6) is 0.654. The predicted octanol–water partition coefficient (Wildman–Crippen LogP) is 11.4. The molecule has 2 aliphatic carbocycles. The Labute approximate surface area is 232 Å². The molecule has 39 heavy (non-hydrogen) atoms. The maximum absolute atomic E-state index is 2.64. The zero-order chi connectivity index (χ0) is 26.7. The van der Waals surface area contributed by atoms with E-state index in [9.17, 15) is 0 Å². The van der Waals surface area contributed by atoms with Crippen molar-refractivity contribution in [1.29, 1.82) is 0 Å². The van der Waals surface area contributed by atoms with Gasteiger partial charge in [-0.2, -0.15) is 0 Å². The lowest BCUT2D eigenvalue weighted by Gasteiger charge is -2.38. The van der Waals surface area contributed by atoms with Gasteiger partial charge < -0.3 is 0 Å². The molecular formula is C39H38. The molecule has 0 nitrogen and oxygen atoms in total. The van der Waals surface area contributed by atoms with Crippen LogP contribution in [0.4, 0.5) is 0 Å². The van der Waals surface area contributed by atoms with Gasteiger partial charge in [-0.15, -0.1) is 0 Å². The molecule has 8 rings (SSSR count). The molecule has 0 bridgehead atoms. The molecular weight excluding hydrogens is 468 g/mol. The summed E-state index contributed by atoms with van der Waals surface area (Å²) < 4.78 is 0. The first-order valence-electron chi connectivity index (χ1n) is 15.1. The van der Waals surface area contributed by atoms with Gasteiger partial charge in [0.1, 0.15) is 0 Å². The Hall–Kier alpha value is -3.38. The summed E-state index contributed by atoms with van der Waals surface area (Å²) in [6, 6.07) is 28.9. The van der Waals surface area contributed by atoms with Crippen LogP contribution in [0.15, 0.2) is 72.8 Å². The average Bonchev–Trinajstić information content (AvgIpc) is 2.94. The van der Waals surface area contributed by atoms with Crippen molar-refractivity contribution in [3.63, 3.8) is 0 Å². The fourth-order valence-corrected chi connectivity index (χ4v) is 8.16. The lowest BCUT2D eigenvalue weighted by Crippen LogP contribution is -2.24. The van der Waals surface area contributed by atoms with Crippen molar-refractivity contribution in [3.05, 3.63) is 95.1 Å². The van der Waals surface area contributed by atoms with Crippen LogP contribution in [0.3, 0.4) is 0 Å². The first-order valence-corrected chi connectivity index (χ1v) is 15.1. The van der Waals surface area contributed by atoms with Crippen molar-refractivity contribution in [2.24, 2.45) is 0 Å². The van der Waals surface area contributed by atoms with Gasteiger partial charge in [0.25, 0.3) is 0 Å². The Kier molecular flexibility index (Phi) is 4.73. The summed E-state index contributed by atoms with van der Waals surface area (Å²) in [4.78, 5) is 0. The van der Waals surface area contributed by atoms with Gasteiger partial charge in [0.15, 0.2) is 0 Å². The van der Waals surface area contributed by atoms with E-state index in [2.05, 4.69) is 107 Å². The Balaban J connectivity index is 1.61. The van der Waals surface area contributed by atoms with E-state index in [0.717, 1.165) is 0 Å². The number of benzene rings is 6. The minimum Gasteiger partial charge on any atom is -0.0616 e. The molecule has 1 saturated carbocycles. The van der Waals surface area contributed by atoms with Crippen LogP contribution in [0.5, 0.6) is 0 Å². The second kappa shape index (κ2) is 7.85. The summed E-state index contributed by atoms with van der Waals surface area (Å²) in [6.07, 6.45) is 6.73.